The third-order valence-corrected chi connectivity index (χ3v) is 13.3. The first-order valence-electron chi connectivity index (χ1n) is 24.0. The number of carbonyl (C=O) groups is 3. The Morgan fingerprint density at radius 3 is 1.48 bits per heavy atom. The number of hydrogen-bond donors (Lipinski definition) is 1. The van der Waals surface area contributed by atoms with Crippen LogP contribution in [0, 0.1) is 11.8 Å². The Labute approximate surface area is 399 Å². The molecule has 64 heavy (non-hydrogen) atoms. The van der Waals surface area contributed by atoms with Gasteiger partial charge in [0.15, 0.2) is 0 Å². The van der Waals surface area contributed by atoms with E-state index in [0.717, 1.165) is 58.1 Å². The third-order valence-electron chi connectivity index (χ3n) is 13.3. The maximum absolute atomic E-state index is 12.3. The van der Waals surface area contributed by atoms with Crippen LogP contribution >= 0.6 is 24.8 Å². The van der Waals surface area contributed by atoms with Gasteiger partial charge in [0.1, 0.15) is 17.5 Å². The van der Waals surface area contributed by atoms with E-state index >= 15 is 0 Å². The maximum Gasteiger partial charge on any atom is 0.410 e. The second-order valence-electron chi connectivity index (χ2n) is 20.5. The zero-order valence-electron chi connectivity index (χ0n) is 39.5. The van der Waals surface area contributed by atoms with Gasteiger partial charge in [0.05, 0.1) is 0 Å². The summed E-state index contributed by atoms with van der Waals surface area (Å²) in [6, 6.07) is 9.26. The molecule has 4 fully saturated rings. The molecule has 2 amide bonds. The number of nitrogens with one attached hydrogen (secondary N) is 1. The molecule has 1 N–H and O–H groups in total. The van der Waals surface area contributed by atoms with E-state index in [4.69, 9.17) is 19.4 Å². The largest absolute Gasteiger partial charge is 0.444 e. The average Bonchev–Trinajstić information content (AvgIpc) is 3.26. The van der Waals surface area contributed by atoms with Gasteiger partial charge in [-0.1, -0.05) is 19.6 Å². The summed E-state index contributed by atoms with van der Waals surface area (Å²) in [5.74, 6) is 2.14. The van der Waals surface area contributed by atoms with Crippen molar-refractivity contribution in [3.8, 4) is 0 Å². The highest BCUT2D eigenvalue weighted by molar-refractivity contribution is 5.85. The van der Waals surface area contributed by atoms with Gasteiger partial charge in [0.25, 0.3) is 0 Å². The number of nitrogens with zero attached hydrogens (tertiary/aromatic N) is 5. The molecule has 0 aromatic carbocycles. The summed E-state index contributed by atoms with van der Waals surface area (Å²) in [5.41, 5.74) is 7.58. The van der Waals surface area contributed by atoms with Crippen LogP contribution in [0.25, 0.3) is 0 Å². The number of rotatable bonds is 5. The van der Waals surface area contributed by atoms with E-state index in [-0.39, 0.29) is 50.3 Å². The van der Waals surface area contributed by atoms with Crippen molar-refractivity contribution in [1.82, 2.24) is 30.0 Å². The van der Waals surface area contributed by atoms with Crippen LogP contribution < -0.4 is 5.32 Å². The van der Waals surface area contributed by atoms with Crippen molar-refractivity contribution >= 4 is 43.3 Å². The van der Waals surface area contributed by atoms with E-state index in [0.29, 0.717) is 30.8 Å². The molecule has 6 heterocycles. The van der Waals surface area contributed by atoms with Gasteiger partial charge in [0, 0.05) is 73.3 Å². The predicted molar refractivity (Wildman–Crippen MR) is 263 cm³/mol. The minimum atomic E-state index is -0.446. The topological polar surface area (TPSA) is 117 Å². The number of hydrogen-bond acceptors (Lipinski definition) is 9. The first-order chi connectivity index (χ1) is 29.2. The standard InChI is InChI=1S/C25H39N3O2.C14H20N2.C11H19NO3.CH4.2ClH/c1-25(2,3)30-24(29)28-16-10-19(11-17-28)18-27-14-12-21(13-15-27)23-9-8-20-6-4-5-7-22(20)26-23;1-2-4-13-11(3-1)5-6-14(16-13)12-7-9-15-10-8-12;1-11(2,3)15-10(14)12-6-4-9(8-13)5-7-12;;;/h8-9,19,21H,4-7,10-18H2,1-3H3;5-6,12,15H,1-4,7-10H2;8-9H,4-7H2,1-3H3;1H4;2*1H. The molecule has 0 saturated carbocycles. The summed E-state index contributed by atoms with van der Waals surface area (Å²) in [5, 5.41) is 3.42. The van der Waals surface area contributed by atoms with Gasteiger partial charge < -0.3 is 34.3 Å². The second kappa shape index (κ2) is 26.4. The molecule has 0 spiro atoms. The first-order valence-corrected chi connectivity index (χ1v) is 24.0. The molecular formula is C51H84Cl2N6O5. The van der Waals surface area contributed by atoms with Crippen LogP contribution in [0.1, 0.15) is 172 Å². The Morgan fingerprint density at radius 2 is 1.05 bits per heavy atom. The Balaban J connectivity index is 0.000000273. The minimum Gasteiger partial charge on any atom is -0.444 e. The van der Waals surface area contributed by atoms with Crippen LogP contribution in [0.3, 0.4) is 0 Å². The van der Waals surface area contributed by atoms with Crippen molar-refractivity contribution < 1.29 is 23.9 Å². The highest BCUT2D eigenvalue weighted by atomic mass is 35.5. The summed E-state index contributed by atoms with van der Waals surface area (Å²) in [7, 11) is 0. The number of pyridine rings is 2. The SMILES string of the molecule is C.CC(C)(C)OC(=O)N1CCC(C=O)CC1.CC(C)(C)OC(=O)N1CCC(CN2CCC(c3ccc4c(n3)CCCC4)CC2)CC1.Cl.Cl.c1cc2c(nc1C1CCNCC1)CCCC2. The van der Waals surface area contributed by atoms with Gasteiger partial charge in [-0.05, 0) is 200 Å². The van der Waals surface area contributed by atoms with Crippen LogP contribution in [0.4, 0.5) is 9.59 Å². The lowest BCUT2D eigenvalue weighted by molar-refractivity contribution is -0.112. The Kier molecular flexibility index (Phi) is 22.8. The van der Waals surface area contributed by atoms with Gasteiger partial charge in [-0.2, -0.15) is 0 Å². The highest BCUT2D eigenvalue weighted by Crippen LogP contribution is 2.31. The van der Waals surface area contributed by atoms with Gasteiger partial charge in [-0.3, -0.25) is 9.97 Å². The number of halogens is 2. The van der Waals surface area contributed by atoms with Crippen molar-refractivity contribution in [2.45, 2.75) is 175 Å². The van der Waals surface area contributed by atoms with E-state index in [1.807, 2.05) is 46.4 Å². The maximum atomic E-state index is 12.3. The molecule has 0 bridgehead atoms. The summed E-state index contributed by atoms with van der Waals surface area (Å²) in [4.78, 5) is 50.6. The molecular weight excluding hydrogens is 848 g/mol. The molecule has 0 unspecified atom stereocenters. The number of likely N-dealkylation sites (tertiary alicyclic amines) is 3. The number of aromatic nitrogens is 2. The second-order valence-corrected chi connectivity index (χ2v) is 20.5. The molecule has 4 aliphatic heterocycles. The number of aryl methyl sites for hydroxylation is 4. The molecule has 4 saturated heterocycles. The Hall–Kier alpha value is -2.99. The van der Waals surface area contributed by atoms with Gasteiger partial charge in [-0.25, -0.2) is 9.59 Å². The molecule has 0 radical (unpaired) electrons. The molecule has 362 valence electrons. The Bertz CT molecular complexity index is 1720. The lowest BCUT2D eigenvalue weighted by Crippen LogP contribution is -2.44. The van der Waals surface area contributed by atoms with Gasteiger partial charge in [-0.15, -0.1) is 24.8 Å². The molecule has 8 rings (SSSR count). The molecule has 6 aliphatic rings. The van der Waals surface area contributed by atoms with Crippen LogP contribution in [0.15, 0.2) is 24.3 Å². The summed E-state index contributed by atoms with van der Waals surface area (Å²) in [6.07, 6.45) is 19.3. The smallest absolute Gasteiger partial charge is 0.410 e. The summed E-state index contributed by atoms with van der Waals surface area (Å²) >= 11 is 0. The summed E-state index contributed by atoms with van der Waals surface area (Å²) < 4.78 is 10.8. The predicted octanol–water partition coefficient (Wildman–Crippen LogP) is 10.5. The van der Waals surface area contributed by atoms with Gasteiger partial charge >= 0.3 is 12.2 Å². The van der Waals surface area contributed by atoms with Crippen LogP contribution in [-0.4, -0.2) is 113 Å². The zero-order valence-corrected chi connectivity index (χ0v) is 41.1. The van der Waals surface area contributed by atoms with Crippen molar-refractivity contribution in [2.75, 3.05) is 58.9 Å². The molecule has 2 aliphatic carbocycles. The monoisotopic (exact) mass is 931 g/mol. The van der Waals surface area contributed by atoms with Crippen LogP contribution in [-0.2, 0) is 40.0 Å². The number of carbonyl (C=O) groups excluding carboxylic acids is 3. The third kappa shape index (κ3) is 17.3. The molecule has 2 aromatic heterocycles. The number of aldehydes is 1. The number of fused-ring (bicyclic) bond motifs is 2. The van der Waals surface area contributed by atoms with E-state index < -0.39 is 11.2 Å². The van der Waals surface area contributed by atoms with Crippen molar-refractivity contribution in [1.29, 1.82) is 0 Å². The van der Waals surface area contributed by atoms with Crippen molar-refractivity contribution in [2.24, 2.45) is 11.8 Å². The molecule has 0 atom stereocenters. The fourth-order valence-electron chi connectivity index (χ4n) is 9.72. The lowest BCUT2D eigenvalue weighted by Gasteiger charge is -2.38. The van der Waals surface area contributed by atoms with Crippen molar-refractivity contribution in [3.05, 3.63) is 58.2 Å². The first kappa shape index (κ1) is 55.3. The number of amides is 2. The van der Waals surface area contributed by atoms with Gasteiger partial charge in [0.2, 0.25) is 0 Å². The van der Waals surface area contributed by atoms with Crippen LogP contribution in [0.2, 0.25) is 0 Å². The van der Waals surface area contributed by atoms with E-state index in [2.05, 4.69) is 34.5 Å². The zero-order chi connectivity index (χ0) is 43.4. The van der Waals surface area contributed by atoms with E-state index in [1.54, 1.807) is 4.90 Å². The molecule has 2 aromatic rings. The van der Waals surface area contributed by atoms with E-state index in [9.17, 15) is 14.4 Å². The highest BCUT2D eigenvalue weighted by Gasteiger charge is 2.30. The molecule has 11 nitrogen and oxygen atoms in total. The lowest BCUT2D eigenvalue weighted by atomic mass is 9.89. The average molecular weight is 932 g/mol. The van der Waals surface area contributed by atoms with Crippen molar-refractivity contribution in [3.63, 3.8) is 0 Å². The molecule has 13 heteroatoms. The fourth-order valence-corrected chi connectivity index (χ4v) is 9.72. The summed E-state index contributed by atoms with van der Waals surface area (Å²) in [6.45, 7) is 20.1. The normalized spacial score (nSPS) is 20.2. The number of ether oxygens (including phenoxy) is 2. The quantitative estimate of drug-likeness (QED) is 0.293. The fraction of sp³-hybridized carbons (Fsp3) is 0.745. The Morgan fingerprint density at radius 1 is 0.625 bits per heavy atom. The van der Waals surface area contributed by atoms with Crippen LogP contribution in [0.5, 0.6) is 0 Å². The van der Waals surface area contributed by atoms with E-state index in [1.165, 1.54) is 131 Å². The minimum absolute atomic E-state index is 0. The number of piperidine rings is 4.